The van der Waals surface area contributed by atoms with E-state index in [4.69, 9.17) is 9.84 Å². The molecule has 0 aliphatic carbocycles. The van der Waals surface area contributed by atoms with Gasteiger partial charge >= 0.3 is 11.5 Å². The number of aliphatic hydroxyl groups is 2. The summed E-state index contributed by atoms with van der Waals surface area (Å²) in [7, 11) is 0. The Bertz CT molecular complexity index is 758. The summed E-state index contributed by atoms with van der Waals surface area (Å²) in [5, 5.41) is 32.2. The highest BCUT2D eigenvalue weighted by molar-refractivity contribution is 5.78. The molecule has 0 fully saturated rings. The topological polar surface area (TPSA) is 125 Å². The Morgan fingerprint density at radius 1 is 1.67 bits per heavy atom. The number of H-pyrrole nitrogens is 2. The summed E-state index contributed by atoms with van der Waals surface area (Å²) in [6.07, 6.45) is 1.75. The number of hydrogen-bond donors (Lipinski definition) is 4. The lowest BCUT2D eigenvalue weighted by molar-refractivity contribution is -0.669. The van der Waals surface area contributed by atoms with Crippen molar-refractivity contribution in [1.82, 2.24) is 10.1 Å². The molecule has 96 valence electrons. The number of nitrogens with one attached hydrogen (secondary N) is 2. The molecule has 0 aromatic carbocycles. The van der Waals surface area contributed by atoms with Crippen LogP contribution in [0.25, 0.3) is 23.1 Å². The van der Waals surface area contributed by atoms with Crippen LogP contribution in [0.1, 0.15) is 6.92 Å². The van der Waals surface area contributed by atoms with E-state index >= 15 is 0 Å². The fraction of sp³-hybridized carbons (Fsp3) is 0.200. The van der Waals surface area contributed by atoms with Crippen LogP contribution >= 0.6 is 0 Å². The number of aromatic amines is 2. The molecule has 0 bridgehead atoms. The van der Waals surface area contributed by atoms with E-state index in [1.807, 2.05) is 5.10 Å². The van der Waals surface area contributed by atoms with Crippen LogP contribution in [-0.4, -0.2) is 26.9 Å². The number of ether oxygens (including phenoxy) is 1. The fourth-order valence-electron chi connectivity index (χ4n) is 1.66. The molecule has 4 N–H and O–H groups in total. The number of rotatable bonds is 2. The molecule has 0 spiro atoms. The maximum Gasteiger partial charge on any atom is 0.323 e. The average molecular weight is 253 g/mol. The van der Waals surface area contributed by atoms with Crippen molar-refractivity contribution in [2.24, 2.45) is 0 Å². The van der Waals surface area contributed by atoms with Gasteiger partial charge in [0.1, 0.15) is 10.9 Å². The number of hydrogen-bond acceptors (Lipinski definition) is 5. The van der Waals surface area contributed by atoms with Gasteiger partial charge in [0.05, 0.1) is 23.5 Å². The lowest BCUT2D eigenvalue weighted by Gasteiger charge is -1.97. The molecular weight excluding hydrogens is 242 g/mol. The average Bonchev–Trinajstić information content (AvgIpc) is 2.68. The second-order valence-electron chi connectivity index (χ2n) is 3.47. The zero-order valence-corrected chi connectivity index (χ0v) is 9.43. The van der Waals surface area contributed by atoms with E-state index in [2.05, 4.69) is 4.98 Å². The molecule has 0 atom stereocenters. The Morgan fingerprint density at radius 3 is 3.00 bits per heavy atom. The molecular formula is C10H11N3O5. The van der Waals surface area contributed by atoms with Gasteiger partial charge in [-0.05, 0) is 6.92 Å². The van der Waals surface area contributed by atoms with Crippen LogP contribution in [0, 0.1) is 5.21 Å². The van der Waals surface area contributed by atoms with Gasteiger partial charge in [-0.15, -0.1) is 5.10 Å². The van der Waals surface area contributed by atoms with E-state index < -0.39 is 11.5 Å². The Labute approximate surface area is 99.6 Å². The first kappa shape index (κ1) is 11.8. The van der Waals surface area contributed by atoms with E-state index in [9.17, 15) is 15.1 Å². The van der Waals surface area contributed by atoms with Crippen molar-refractivity contribution in [2.45, 2.75) is 6.92 Å². The quantitative estimate of drug-likeness (QED) is 0.380. The maximum atomic E-state index is 11.5. The van der Waals surface area contributed by atoms with Crippen molar-refractivity contribution in [1.29, 1.82) is 0 Å². The van der Waals surface area contributed by atoms with Crippen molar-refractivity contribution < 1.29 is 19.8 Å². The first-order chi connectivity index (χ1) is 8.58. The summed E-state index contributed by atoms with van der Waals surface area (Å²) >= 11 is 0. The minimum atomic E-state index is -0.666. The number of aliphatic hydroxyl groups excluding tert-OH is 2. The molecule has 0 radical (unpaired) electrons. The largest absolute Gasteiger partial charge is 0.596 e. The standard InChI is InChI=1S/C10H11N3O5/c1-2-18-10(16)8-6(4-14)5-3-13(17)12-9(15)7(5)11-8/h3-4,11,14,16H,2H2,1H3,(H,12,15)/b6-4-,10-8+. The zero-order chi connectivity index (χ0) is 13.3. The van der Waals surface area contributed by atoms with Gasteiger partial charge in [0.25, 0.3) is 0 Å². The Balaban J connectivity index is 3.00. The third kappa shape index (κ3) is 1.73. The molecule has 0 saturated heterocycles. The van der Waals surface area contributed by atoms with Crippen molar-refractivity contribution >= 4 is 23.1 Å². The molecule has 0 unspecified atom stereocenters. The van der Waals surface area contributed by atoms with Crippen molar-refractivity contribution in [2.75, 3.05) is 6.61 Å². The second-order valence-corrected chi connectivity index (χ2v) is 3.47. The molecule has 8 nitrogen and oxygen atoms in total. The highest BCUT2D eigenvalue weighted by Gasteiger charge is 2.12. The van der Waals surface area contributed by atoms with E-state index in [0.717, 1.165) is 6.20 Å². The van der Waals surface area contributed by atoms with E-state index in [0.29, 0.717) is 6.26 Å². The van der Waals surface area contributed by atoms with E-state index in [1.54, 1.807) is 6.92 Å². The van der Waals surface area contributed by atoms with Gasteiger partial charge in [-0.25, -0.2) is 0 Å². The van der Waals surface area contributed by atoms with Gasteiger partial charge in [0.2, 0.25) is 6.20 Å². The minimum absolute atomic E-state index is 0.0334. The number of nitrogens with zero attached hydrogens (tertiary/aromatic N) is 1. The normalized spacial score (nSPS) is 13.9. The van der Waals surface area contributed by atoms with Crippen molar-refractivity contribution in [3.8, 4) is 0 Å². The highest BCUT2D eigenvalue weighted by atomic mass is 16.6. The van der Waals surface area contributed by atoms with Gasteiger partial charge in [-0.2, -0.15) is 0 Å². The van der Waals surface area contributed by atoms with E-state index in [-0.39, 0.29) is 32.9 Å². The van der Waals surface area contributed by atoms with Gasteiger partial charge in [0.15, 0.2) is 0 Å². The highest BCUT2D eigenvalue weighted by Crippen LogP contribution is 1.95. The maximum absolute atomic E-state index is 11.5. The van der Waals surface area contributed by atoms with Gasteiger partial charge in [-0.1, -0.05) is 4.85 Å². The summed E-state index contributed by atoms with van der Waals surface area (Å²) in [5.41, 5.74) is -0.607. The summed E-state index contributed by atoms with van der Waals surface area (Å²) in [6, 6.07) is 0. The predicted octanol–water partition coefficient (Wildman–Crippen LogP) is -1.55. The van der Waals surface area contributed by atoms with Crippen LogP contribution in [0.4, 0.5) is 0 Å². The van der Waals surface area contributed by atoms with Gasteiger partial charge < -0.3 is 25.1 Å². The monoisotopic (exact) mass is 253 g/mol. The fourth-order valence-corrected chi connectivity index (χ4v) is 1.66. The van der Waals surface area contributed by atoms with Crippen LogP contribution in [-0.2, 0) is 4.74 Å². The molecule has 18 heavy (non-hydrogen) atoms. The minimum Gasteiger partial charge on any atom is -0.596 e. The van der Waals surface area contributed by atoms with Crippen LogP contribution in [0.15, 0.2) is 11.0 Å². The van der Waals surface area contributed by atoms with Gasteiger partial charge in [0, 0.05) is 0 Å². The zero-order valence-electron chi connectivity index (χ0n) is 9.43. The Hall–Kier alpha value is -2.64. The Morgan fingerprint density at radius 2 is 2.39 bits per heavy atom. The van der Waals surface area contributed by atoms with Crippen molar-refractivity contribution in [3.63, 3.8) is 0 Å². The SMILES string of the molecule is CCO/C(O)=c1/[nH]c2c(=O)[nH][n+]([O-])cc2/c1=C/O. The van der Waals surface area contributed by atoms with Crippen LogP contribution in [0.2, 0.25) is 0 Å². The van der Waals surface area contributed by atoms with Crippen LogP contribution in [0.3, 0.4) is 0 Å². The molecule has 0 amide bonds. The Kier molecular flexibility index (Phi) is 2.84. The predicted molar refractivity (Wildman–Crippen MR) is 61.9 cm³/mol. The lowest BCUT2D eigenvalue weighted by atomic mass is 10.3. The molecule has 2 heterocycles. The van der Waals surface area contributed by atoms with Crippen LogP contribution in [0.5, 0.6) is 0 Å². The third-order valence-electron chi connectivity index (χ3n) is 2.39. The first-order valence-electron chi connectivity index (χ1n) is 5.13. The summed E-state index contributed by atoms with van der Waals surface area (Å²) in [5.74, 6) is -0.467. The summed E-state index contributed by atoms with van der Waals surface area (Å²) in [6.45, 7) is 1.88. The molecule has 0 saturated carbocycles. The second kappa shape index (κ2) is 4.32. The third-order valence-corrected chi connectivity index (χ3v) is 2.39. The number of aromatic nitrogens is 3. The molecule has 2 aromatic heterocycles. The molecule has 2 aromatic rings. The van der Waals surface area contributed by atoms with E-state index in [1.165, 1.54) is 0 Å². The van der Waals surface area contributed by atoms with Crippen molar-refractivity contribution in [3.05, 3.63) is 32.3 Å². The molecule has 0 aliphatic rings. The lowest BCUT2D eigenvalue weighted by Crippen LogP contribution is -2.37. The number of fused-ring (bicyclic) bond motifs is 1. The summed E-state index contributed by atoms with van der Waals surface area (Å²) < 4.78 is 4.88. The van der Waals surface area contributed by atoms with Crippen LogP contribution < -0.4 is 21.0 Å². The smallest absolute Gasteiger partial charge is 0.323 e. The first-order valence-corrected chi connectivity index (χ1v) is 5.13. The van der Waals surface area contributed by atoms with Gasteiger partial charge in [-0.3, -0.25) is 4.79 Å². The molecule has 8 heteroatoms. The summed E-state index contributed by atoms with van der Waals surface area (Å²) in [4.78, 5) is 14.3. The molecule has 2 rings (SSSR count). The molecule has 0 aliphatic heterocycles.